The van der Waals surface area contributed by atoms with Crippen molar-refractivity contribution in [3.05, 3.63) is 0 Å². The third-order valence-corrected chi connectivity index (χ3v) is 4.05. The lowest BCUT2D eigenvalue weighted by Gasteiger charge is -2.31. The van der Waals surface area contributed by atoms with Gasteiger partial charge in [-0.05, 0) is 32.9 Å². The Morgan fingerprint density at radius 2 is 1.76 bits per heavy atom. The first kappa shape index (κ1) is 15.0. The van der Waals surface area contributed by atoms with Gasteiger partial charge in [-0.2, -0.15) is 0 Å². The van der Waals surface area contributed by atoms with Crippen molar-refractivity contribution >= 4 is 0 Å². The van der Waals surface area contributed by atoms with Crippen LogP contribution in [0.5, 0.6) is 0 Å². The smallest absolute Gasteiger partial charge is 0.0107 e. The van der Waals surface area contributed by atoms with E-state index in [4.69, 9.17) is 0 Å². The lowest BCUT2D eigenvalue weighted by atomic mass is 9.94. The van der Waals surface area contributed by atoms with E-state index in [1.54, 1.807) is 0 Å². The summed E-state index contributed by atoms with van der Waals surface area (Å²) in [5.74, 6) is 0. The van der Waals surface area contributed by atoms with E-state index in [2.05, 4.69) is 24.2 Å². The van der Waals surface area contributed by atoms with Crippen LogP contribution >= 0.6 is 0 Å². The second-order valence-electron chi connectivity index (χ2n) is 5.58. The molecule has 0 aromatic heterocycles. The average molecular weight is 240 g/mol. The van der Waals surface area contributed by atoms with Crippen LogP contribution in [-0.2, 0) is 0 Å². The SMILES string of the molecule is CCCCCCNCCN(C)C1CCCCC1. The maximum atomic E-state index is 3.57. The first-order valence-corrected chi connectivity index (χ1v) is 7.75. The van der Waals surface area contributed by atoms with Gasteiger partial charge < -0.3 is 10.2 Å². The summed E-state index contributed by atoms with van der Waals surface area (Å²) < 4.78 is 0. The molecular formula is C15H32N2. The molecule has 1 N–H and O–H groups in total. The summed E-state index contributed by atoms with van der Waals surface area (Å²) in [6, 6.07) is 0.866. The van der Waals surface area contributed by atoms with Crippen molar-refractivity contribution in [3.8, 4) is 0 Å². The molecule has 1 aliphatic carbocycles. The molecule has 1 aliphatic rings. The summed E-state index contributed by atoms with van der Waals surface area (Å²) in [7, 11) is 2.30. The summed E-state index contributed by atoms with van der Waals surface area (Å²) in [5.41, 5.74) is 0. The number of rotatable bonds is 9. The maximum absolute atomic E-state index is 3.57. The van der Waals surface area contributed by atoms with Crippen LogP contribution < -0.4 is 5.32 Å². The first-order valence-electron chi connectivity index (χ1n) is 7.75. The quantitative estimate of drug-likeness (QED) is 0.621. The van der Waals surface area contributed by atoms with Gasteiger partial charge in [0.25, 0.3) is 0 Å². The Morgan fingerprint density at radius 1 is 1.00 bits per heavy atom. The molecule has 1 saturated carbocycles. The molecule has 0 saturated heterocycles. The largest absolute Gasteiger partial charge is 0.315 e. The highest BCUT2D eigenvalue weighted by molar-refractivity contribution is 4.73. The molecule has 0 aromatic rings. The minimum atomic E-state index is 0.866. The van der Waals surface area contributed by atoms with Gasteiger partial charge in [-0.15, -0.1) is 0 Å². The molecule has 0 amide bonds. The Kier molecular flexibility index (Phi) is 8.72. The zero-order valence-electron chi connectivity index (χ0n) is 12.0. The van der Waals surface area contributed by atoms with Gasteiger partial charge in [-0.3, -0.25) is 0 Å². The molecule has 0 bridgehead atoms. The van der Waals surface area contributed by atoms with Crippen LogP contribution in [0.3, 0.4) is 0 Å². The van der Waals surface area contributed by atoms with Crippen LogP contribution in [0, 0.1) is 0 Å². The van der Waals surface area contributed by atoms with E-state index in [-0.39, 0.29) is 0 Å². The molecule has 0 aromatic carbocycles. The number of likely N-dealkylation sites (N-methyl/N-ethyl adjacent to an activating group) is 1. The van der Waals surface area contributed by atoms with Crippen LogP contribution in [0.1, 0.15) is 64.7 Å². The topological polar surface area (TPSA) is 15.3 Å². The predicted molar refractivity (Wildman–Crippen MR) is 76.5 cm³/mol. The predicted octanol–water partition coefficient (Wildman–Crippen LogP) is 3.42. The van der Waals surface area contributed by atoms with Crippen molar-refractivity contribution in [2.45, 2.75) is 70.8 Å². The number of hydrogen-bond donors (Lipinski definition) is 1. The molecule has 1 fully saturated rings. The third kappa shape index (κ3) is 7.05. The van der Waals surface area contributed by atoms with E-state index in [1.807, 2.05) is 0 Å². The number of unbranched alkanes of at least 4 members (excludes halogenated alkanes) is 3. The summed E-state index contributed by atoms with van der Waals surface area (Å²) in [4.78, 5) is 2.57. The normalized spacial score (nSPS) is 17.8. The summed E-state index contributed by atoms with van der Waals surface area (Å²) in [5, 5.41) is 3.57. The van der Waals surface area contributed by atoms with Crippen LogP contribution in [-0.4, -0.2) is 37.6 Å². The Morgan fingerprint density at radius 3 is 2.47 bits per heavy atom. The molecule has 0 atom stereocenters. The van der Waals surface area contributed by atoms with Crippen LogP contribution in [0.2, 0.25) is 0 Å². The highest BCUT2D eigenvalue weighted by Crippen LogP contribution is 2.21. The Bertz CT molecular complexity index is 164. The molecule has 0 aliphatic heterocycles. The molecular weight excluding hydrogens is 208 g/mol. The van der Waals surface area contributed by atoms with Gasteiger partial charge in [0.2, 0.25) is 0 Å². The van der Waals surface area contributed by atoms with E-state index in [1.165, 1.54) is 77.4 Å². The van der Waals surface area contributed by atoms with Gasteiger partial charge >= 0.3 is 0 Å². The second kappa shape index (κ2) is 9.90. The number of nitrogens with one attached hydrogen (secondary N) is 1. The molecule has 1 rings (SSSR count). The Balaban J connectivity index is 1.90. The van der Waals surface area contributed by atoms with E-state index in [9.17, 15) is 0 Å². The minimum absolute atomic E-state index is 0.866. The van der Waals surface area contributed by atoms with Gasteiger partial charge in [0.05, 0.1) is 0 Å². The molecule has 2 heteroatoms. The zero-order chi connectivity index (χ0) is 12.3. The fourth-order valence-corrected chi connectivity index (χ4v) is 2.76. The number of nitrogens with zero attached hydrogens (tertiary/aromatic N) is 1. The van der Waals surface area contributed by atoms with Crippen molar-refractivity contribution in [3.63, 3.8) is 0 Å². The van der Waals surface area contributed by atoms with E-state index >= 15 is 0 Å². The van der Waals surface area contributed by atoms with Crippen LogP contribution in [0.25, 0.3) is 0 Å². The molecule has 102 valence electrons. The highest BCUT2D eigenvalue weighted by Gasteiger charge is 2.16. The van der Waals surface area contributed by atoms with E-state index in [0.717, 1.165) is 6.04 Å². The Labute approximate surface area is 108 Å². The van der Waals surface area contributed by atoms with Gasteiger partial charge in [-0.1, -0.05) is 45.4 Å². The van der Waals surface area contributed by atoms with Gasteiger partial charge in [0, 0.05) is 19.1 Å². The fraction of sp³-hybridized carbons (Fsp3) is 1.00. The lowest BCUT2D eigenvalue weighted by molar-refractivity contribution is 0.192. The summed E-state index contributed by atoms with van der Waals surface area (Å²) in [6.07, 6.45) is 12.7. The molecule has 0 spiro atoms. The molecule has 0 radical (unpaired) electrons. The van der Waals surface area contributed by atoms with E-state index < -0.39 is 0 Å². The van der Waals surface area contributed by atoms with Crippen molar-refractivity contribution < 1.29 is 0 Å². The first-order chi connectivity index (χ1) is 8.34. The van der Waals surface area contributed by atoms with E-state index in [0.29, 0.717) is 0 Å². The highest BCUT2D eigenvalue weighted by atomic mass is 15.1. The van der Waals surface area contributed by atoms with Crippen molar-refractivity contribution in [1.82, 2.24) is 10.2 Å². The zero-order valence-corrected chi connectivity index (χ0v) is 12.0. The fourth-order valence-electron chi connectivity index (χ4n) is 2.76. The third-order valence-electron chi connectivity index (χ3n) is 4.05. The monoisotopic (exact) mass is 240 g/mol. The van der Waals surface area contributed by atoms with Crippen LogP contribution in [0.15, 0.2) is 0 Å². The Hall–Kier alpha value is -0.0800. The number of hydrogen-bond acceptors (Lipinski definition) is 2. The summed E-state index contributed by atoms with van der Waals surface area (Å²) >= 11 is 0. The van der Waals surface area contributed by atoms with Gasteiger partial charge in [0.1, 0.15) is 0 Å². The van der Waals surface area contributed by atoms with Crippen molar-refractivity contribution in [2.24, 2.45) is 0 Å². The van der Waals surface area contributed by atoms with Crippen molar-refractivity contribution in [1.29, 1.82) is 0 Å². The van der Waals surface area contributed by atoms with Crippen LogP contribution in [0.4, 0.5) is 0 Å². The average Bonchev–Trinajstić information content (AvgIpc) is 2.38. The molecule has 17 heavy (non-hydrogen) atoms. The molecule has 2 nitrogen and oxygen atoms in total. The molecule has 0 unspecified atom stereocenters. The van der Waals surface area contributed by atoms with Gasteiger partial charge in [-0.25, -0.2) is 0 Å². The minimum Gasteiger partial charge on any atom is -0.315 e. The standard InChI is InChI=1S/C15H32N2/c1-3-4-5-9-12-16-13-14-17(2)15-10-7-6-8-11-15/h15-16H,3-14H2,1-2H3. The van der Waals surface area contributed by atoms with Crippen molar-refractivity contribution in [2.75, 3.05) is 26.7 Å². The second-order valence-corrected chi connectivity index (χ2v) is 5.58. The van der Waals surface area contributed by atoms with Gasteiger partial charge in [0.15, 0.2) is 0 Å². The summed E-state index contributed by atoms with van der Waals surface area (Å²) in [6.45, 7) is 5.86. The maximum Gasteiger partial charge on any atom is 0.0107 e. The molecule has 0 heterocycles. The lowest BCUT2D eigenvalue weighted by Crippen LogP contribution is -2.38.